The number of carboxylic acid groups (broad SMARTS) is 1. The molecular formula is C18H27N5O7. The lowest BCUT2D eigenvalue weighted by Gasteiger charge is -2.22. The number of amides is 2. The van der Waals surface area contributed by atoms with Crippen LogP contribution in [0, 0.1) is 10.1 Å². The molecule has 12 nitrogen and oxygen atoms in total. The number of rotatable bonds is 12. The van der Waals surface area contributed by atoms with E-state index < -0.39 is 40.8 Å². The zero-order chi connectivity index (χ0) is 22.8. The van der Waals surface area contributed by atoms with Crippen LogP contribution in [0.4, 0.5) is 5.69 Å². The number of aromatic hydroxyl groups is 1. The fraction of sp³-hybridized carbons (Fsp3) is 0.500. The van der Waals surface area contributed by atoms with Gasteiger partial charge in [-0.15, -0.1) is 0 Å². The molecule has 0 aliphatic carbocycles. The highest BCUT2D eigenvalue weighted by atomic mass is 16.6. The predicted molar refractivity (Wildman–Crippen MR) is 107 cm³/mol. The van der Waals surface area contributed by atoms with Crippen LogP contribution < -0.4 is 22.1 Å². The summed E-state index contributed by atoms with van der Waals surface area (Å²) >= 11 is 0. The maximum absolute atomic E-state index is 12.7. The third-order valence-corrected chi connectivity index (χ3v) is 4.29. The van der Waals surface area contributed by atoms with Crippen LogP contribution in [0.3, 0.4) is 0 Å². The van der Waals surface area contributed by atoms with E-state index in [1.165, 1.54) is 6.92 Å². The molecule has 0 radical (unpaired) electrons. The summed E-state index contributed by atoms with van der Waals surface area (Å²) in [5.41, 5.74) is 10.5. The fourth-order valence-corrected chi connectivity index (χ4v) is 2.67. The van der Waals surface area contributed by atoms with Crippen molar-refractivity contribution < 1.29 is 29.5 Å². The number of phenolic OH excluding ortho intramolecular Hbond substituents is 1. The summed E-state index contributed by atoms with van der Waals surface area (Å²) in [6.45, 7) is 1.75. The monoisotopic (exact) mass is 425 g/mol. The fourth-order valence-electron chi connectivity index (χ4n) is 2.67. The Hall–Kier alpha value is -3.25. The number of nitro groups is 1. The van der Waals surface area contributed by atoms with Gasteiger partial charge in [-0.25, -0.2) is 4.79 Å². The highest BCUT2D eigenvalue weighted by molar-refractivity contribution is 5.91. The highest BCUT2D eigenvalue weighted by Gasteiger charge is 2.29. The number of phenols is 1. The van der Waals surface area contributed by atoms with Crippen molar-refractivity contribution in [1.82, 2.24) is 10.6 Å². The maximum atomic E-state index is 12.7. The number of aliphatic carboxylic acids is 1. The van der Waals surface area contributed by atoms with Gasteiger partial charge in [0.05, 0.1) is 11.0 Å². The molecule has 2 amide bonds. The van der Waals surface area contributed by atoms with Crippen LogP contribution in [-0.4, -0.2) is 57.6 Å². The lowest BCUT2D eigenvalue weighted by molar-refractivity contribution is -0.385. The molecule has 12 heteroatoms. The molecule has 0 bridgehead atoms. The van der Waals surface area contributed by atoms with Crippen LogP contribution in [-0.2, 0) is 20.8 Å². The van der Waals surface area contributed by atoms with Gasteiger partial charge in [-0.05, 0) is 44.9 Å². The predicted octanol–water partition coefficient (Wildman–Crippen LogP) is -0.627. The van der Waals surface area contributed by atoms with Crippen molar-refractivity contribution in [3.05, 3.63) is 33.9 Å². The van der Waals surface area contributed by atoms with E-state index in [1.807, 2.05) is 0 Å². The van der Waals surface area contributed by atoms with Crippen LogP contribution in [0.2, 0.25) is 0 Å². The summed E-state index contributed by atoms with van der Waals surface area (Å²) < 4.78 is 0. The molecule has 0 unspecified atom stereocenters. The first kappa shape index (κ1) is 24.8. The Morgan fingerprint density at radius 1 is 1.17 bits per heavy atom. The number of nitrogens with zero attached hydrogens (tertiary/aromatic N) is 1. The number of unbranched alkanes of at least 4 members (excludes halogenated alkanes) is 1. The van der Waals surface area contributed by atoms with E-state index in [2.05, 4.69) is 10.6 Å². The summed E-state index contributed by atoms with van der Waals surface area (Å²) in [6, 6.07) is -0.251. The van der Waals surface area contributed by atoms with E-state index in [4.69, 9.17) is 11.5 Å². The summed E-state index contributed by atoms with van der Waals surface area (Å²) in [5.74, 6) is -3.07. The second-order valence-corrected chi connectivity index (χ2v) is 6.81. The Kier molecular flexibility index (Phi) is 9.65. The molecule has 0 heterocycles. The van der Waals surface area contributed by atoms with Gasteiger partial charge in [-0.1, -0.05) is 0 Å². The standard InChI is InChI=1S/C18H27N5O7/c1-10(20)16(25)22-14(9-11-8-12(24)5-6-15(11)23(29)30)17(26)21-13(18(27)28)4-2-3-7-19/h5-6,8,10,13-14,24H,2-4,7,9,19-20H2,1H3,(H,21,26)(H,22,25)(H,27,28)/t10-,13-,14-/m0/s1. The number of carbonyl (C=O) groups excluding carboxylic acids is 2. The maximum Gasteiger partial charge on any atom is 0.326 e. The second-order valence-electron chi connectivity index (χ2n) is 6.81. The van der Waals surface area contributed by atoms with Crippen LogP contribution in [0.1, 0.15) is 31.7 Å². The highest BCUT2D eigenvalue weighted by Crippen LogP contribution is 2.24. The first-order valence-electron chi connectivity index (χ1n) is 9.32. The van der Waals surface area contributed by atoms with Crippen molar-refractivity contribution in [2.45, 2.75) is 50.7 Å². The smallest absolute Gasteiger partial charge is 0.326 e. The van der Waals surface area contributed by atoms with E-state index in [9.17, 15) is 34.7 Å². The van der Waals surface area contributed by atoms with E-state index in [0.717, 1.165) is 18.2 Å². The number of benzene rings is 1. The molecule has 0 aliphatic heterocycles. The van der Waals surface area contributed by atoms with Crippen molar-refractivity contribution in [3.8, 4) is 5.75 Å². The Balaban J connectivity index is 3.12. The van der Waals surface area contributed by atoms with Crippen molar-refractivity contribution in [1.29, 1.82) is 0 Å². The van der Waals surface area contributed by atoms with Crippen LogP contribution in [0.15, 0.2) is 18.2 Å². The van der Waals surface area contributed by atoms with E-state index >= 15 is 0 Å². The molecule has 1 rings (SSSR count). The van der Waals surface area contributed by atoms with Crippen molar-refractivity contribution >= 4 is 23.5 Å². The lowest BCUT2D eigenvalue weighted by atomic mass is 10.0. The second kappa shape index (κ2) is 11.7. The molecule has 1 aromatic carbocycles. The molecular weight excluding hydrogens is 398 g/mol. The Morgan fingerprint density at radius 3 is 2.33 bits per heavy atom. The quantitative estimate of drug-likeness (QED) is 0.143. The first-order valence-corrected chi connectivity index (χ1v) is 9.32. The largest absolute Gasteiger partial charge is 0.508 e. The number of carboxylic acids is 1. The Labute approximate surface area is 172 Å². The zero-order valence-corrected chi connectivity index (χ0v) is 16.5. The van der Waals surface area contributed by atoms with E-state index in [0.29, 0.717) is 19.4 Å². The molecule has 30 heavy (non-hydrogen) atoms. The van der Waals surface area contributed by atoms with E-state index in [1.54, 1.807) is 0 Å². The third kappa shape index (κ3) is 7.64. The molecule has 8 N–H and O–H groups in total. The summed E-state index contributed by atoms with van der Waals surface area (Å²) in [6.07, 6.45) is 0.797. The van der Waals surface area contributed by atoms with Crippen LogP contribution >= 0.6 is 0 Å². The number of nitrogens with two attached hydrogens (primary N) is 2. The van der Waals surface area contributed by atoms with Gasteiger partial charge < -0.3 is 32.3 Å². The number of hydrogen-bond acceptors (Lipinski definition) is 8. The van der Waals surface area contributed by atoms with Gasteiger partial charge in [0, 0.05) is 18.1 Å². The Morgan fingerprint density at radius 2 is 1.80 bits per heavy atom. The SMILES string of the molecule is C[C@H](N)C(=O)N[C@@H](Cc1cc(O)ccc1[N+](=O)[O-])C(=O)N[C@@H](CCCCN)C(=O)O. The van der Waals surface area contributed by atoms with Gasteiger partial charge in [0.2, 0.25) is 11.8 Å². The molecule has 3 atom stereocenters. The zero-order valence-electron chi connectivity index (χ0n) is 16.5. The summed E-state index contributed by atoms with van der Waals surface area (Å²) in [5, 5.41) is 35.0. The molecule has 0 aromatic heterocycles. The molecule has 1 aromatic rings. The summed E-state index contributed by atoms with van der Waals surface area (Å²) in [7, 11) is 0. The lowest BCUT2D eigenvalue weighted by Crippen LogP contribution is -2.54. The van der Waals surface area contributed by atoms with Gasteiger partial charge in [-0.2, -0.15) is 0 Å². The molecule has 166 valence electrons. The molecule has 0 fully saturated rings. The molecule has 0 saturated carbocycles. The van der Waals surface area contributed by atoms with Crippen molar-refractivity contribution in [2.24, 2.45) is 11.5 Å². The van der Waals surface area contributed by atoms with Gasteiger partial charge in [0.1, 0.15) is 17.8 Å². The third-order valence-electron chi connectivity index (χ3n) is 4.29. The minimum atomic E-state index is -1.35. The van der Waals surface area contributed by atoms with Gasteiger partial charge in [-0.3, -0.25) is 19.7 Å². The number of carbonyl (C=O) groups is 3. The van der Waals surface area contributed by atoms with Crippen molar-refractivity contribution in [3.63, 3.8) is 0 Å². The Bertz CT molecular complexity index is 784. The van der Waals surface area contributed by atoms with Gasteiger partial charge in [0.25, 0.3) is 5.69 Å². The molecule has 0 aliphatic rings. The normalized spacial score (nSPS) is 13.7. The van der Waals surface area contributed by atoms with E-state index in [-0.39, 0.29) is 29.8 Å². The van der Waals surface area contributed by atoms with Crippen LogP contribution in [0.5, 0.6) is 5.75 Å². The average molecular weight is 425 g/mol. The summed E-state index contributed by atoms with van der Waals surface area (Å²) in [4.78, 5) is 46.8. The molecule has 0 spiro atoms. The van der Waals surface area contributed by atoms with Crippen LogP contribution in [0.25, 0.3) is 0 Å². The van der Waals surface area contributed by atoms with Gasteiger partial charge >= 0.3 is 5.97 Å². The minimum absolute atomic E-state index is 0.0138. The number of nitro benzene ring substituents is 1. The van der Waals surface area contributed by atoms with Gasteiger partial charge in [0.15, 0.2) is 0 Å². The number of nitrogens with one attached hydrogen (secondary N) is 2. The molecule has 0 saturated heterocycles. The van der Waals surface area contributed by atoms with Crippen molar-refractivity contribution in [2.75, 3.05) is 6.54 Å². The average Bonchev–Trinajstić information content (AvgIpc) is 2.66. The first-order chi connectivity index (χ1) is 14.1. The minimum Gasteiger partial charge on any atom is -0.508 e. The number of hydrogen-bond donors (Lipinski definition) is 6. The topological polar surface area (TPSA) is 211 Å².